The first-order chi connectivity index (χ1) is 2.91. The predicted molar refractivity (Wildman–Crippen MR) is 30.1 cm³/mol. The summed E-state index contributed by atoms with van der Waals surface area (Å²) in [5.74, 6) is 0. The van der Waals surface area contributed by atoms with E-state index in [1.54, 1.807) is 0 Å². The average molecular weight is 98.1 g/mol. The van der Waals surface area contributed by atoms with Crippen LogP contribution in [-0.4, -0.2) is 0 Å². The van der Waals surface area contributed by atoms with E-state index in [0.717, 1.165) is 6.42 Å². The molecule has 0 radical (unpaired) electrons. The van der Waals surface area contributed by atoms with E-state index in [2.05, 4.69) is 0 Å². The molecule has 0 bridgehead atoms. The molecule has 0 amide bonds. The molecule has 0 aromatic heterocycles. The van der Waals surface area contributed by atoms with Gasteiger partial charge in [-0.15, -0.1) is 0 Å². The van der Waals surface area contributed by atoms with Gasteiger partial charge in [0.05, 0.1) is 6.07 Å². The minimum absolute atomic E-state index is 0. The standard InChI is InChI=1S/C5H7N.H3N/c1-2-3-4-5-6;/h3-4H,2H2,1H3;1H3/b4-3-;. The maximum absolute atomic E-state index is 7.86. The van der Waals surface area contributed by atoms with Gasteiger partial charge in [0.2, 0.25) is 0 Å². The molecule has 0 atom stereocenters. The fourth-order valence-corrected chi connectivity index (χ4v) is 0.171. The van der Waals surface area contributed by atoms with Crippen LogP contribution >= 0.6 is 0 Å². The highest BCUT2D eigenvalue weighted by Gasteiger charge is 1.57. The quantitative estimate of drug-likeness (QED) is 0.507. The van der Waals surface area contributed by atoms with Crippen LogP contribution in [0.2, 0.25) is 0 Å². The van der Waals surface area contributed by atoms with Crippen molar-refractivity contribution in [2.45, 2.75) is 13.3 Å². The largest absolute Gasteiger partial charge is 0.344 e. The summed E-state index contributed by atoms with van der Waals surface area (Å²) in [6, 6.07) is 1.89. The van der Waals surface area contributed by atoms with Crippen LogP contribution in [0.15, 0.2) is 12.2 Å². The maximum atomic E-state index is 7.86. The predicted octanol–water partition coefficient (Wildman–Crippen LogP) is 1.64. The first kappa shape index (κ1) is 9.50. The van der Waals surface area contributed by atoms with Gasteiger partial charge in [-0.3, -0.25) is 0 Å². The van der Waals surface area contributed by atoms with Crippen molar-refractivity contribution in [3.05, 3.63) is 12.2 Å². The Labute approximate surface area is 44.0 Å². The SMILES string of the molecule is CC/C=C\C#N.N. The highest BCUT2D eigenvalue weighted by atomic mass is 14.2. The molecule has 3 N–H and O–H groups in total. The van der Waals surface area contributed by atoms with Crippen molar-refractivity contribution in [3.63, 3.8) is 0 Å². The molecule has 0 fully saturated rings. The van der Waals surface area contributed by atoms with Gasteiger partial charge in [-0.25, -0.2) is 0 Å². The molecule has 0 rings (SSSR count). The molecule has 0 aliphatic carbocycles. The number of allylic oxidation sites excluding steroid dienone is 2. The van der Waals surface area contributed by atoms with Gasteiger partial charge in [-0.1, -0.05) is 13.0 Å². The molecule has 0 saturated carbocycles. The summed E-state index contributed by atoms with van der Waals surface area (Å²) in [4.78, 5) is 0. The van der Waals surface area contributed by atoms with Gasteiger partial charge in [0.25, 0.3) is 0 Å². The Bertz CT molecular complexity index is 78.6. The van der Waals surface area contributed by atoms with E-state index in [1.165, 1.54) is 6.08 Å². The lowest BCUT2D eigenvalue weighted by atomic mass is 10.4. The van der Waals surface area contributed by atoms with Gasteiger partial charge in [0.15, 0.2) is 0 Å². The van der Waals surface area contributed by atoms with Crippen LogP contribution in [0.25, 0.3) is 0 Å². The van der Waals surface area contributed by atoms with Crippen LogP contribution in [0.4, 0.5) is 0 Å². The molecule has 0 saturated heterocycles. The smallest absolute Gasteiger partial charge is 0.0908 e. The fraction of sp³-hybridized carbons (Fsp3) is 0.400. The molecule has 0 aromatic rings. The van der Waals surface area contributed by atoms with Crippen LogP contribution in [0, 0.1) is 11.3 Å². The monoisotopic (exact) mass is 98.1 g/mol. The normalized spacial score (nSPS) is 7.43. The molecule has 0 aliphatic rings. The topological polar surface area (TPSA) is 58.8 Å². The number of hydrogen-bond acceptors (Lipinski definition) is 2. The van der Waals surface area contributed by atoms with Crippen LogP contribution in [0.5, 0.6) is 0 Å². The third kappa shape index (κ3) is 11.0. The zero-order valence-electron chi connectivity index (χ0n) is 4.52. The van der Waals surface area contributed by atoms with Crippen molar-refractivity contribution in [2.75, 3.05) is 0 Å². The van der Waals surface area contributed by atoms with E-state index in [-0.39, 0.29) is 6.15 Å². The lowest BCUT2D eigenvalue weighted by Crippen LogP contribution is -1.47. The van der Waals surface area contributed by atoms with Crippen LogP contribution in [0.3, 0.4) is 0 Å². The van der Waals surface area contributed by atoms with Crippen molar-refractivity contribution >= 4 is 0 Å². The lowest BCUT2D eigenvalue weighted by molar-refractivity contribution is 1.22. The Morgan fingerprint density at radius 3 is 2.43 bits per heavy atom. The van der Waals surface area contributed by atoms with E-state index in [9.17, 15) is 0 Å². The van der Waals surface area contributed by atoms with Crippen molar-refractivity contribution in [3.8, 4) is 6.07 Å². The number of rotatable bonds is 1. The molecular weight excluding hydrogens is 88.1 g/mol. The van der Waals surface area contributed by atoms with Crippen LogP contribution in [-0.2, 0) is 0 Å². The number of nitriles is 1. The summed E-state index contributed by atoms with van der Waals surface area (Å²) in [5.41, 5.74) is 0. The second-order valence-electron chi connectivity index (χ2n) is 0.940. The van der Waals surface area contributed by atoms with E-state index < -0.39 is 0 Å². The van der Waals surface area contributed by atoms with Crippen LogP contribution < -0.4 is 6.15 Å². The average Bonchev–Trinajstić information content (AvgIpc) is 1.61. The number of nitrogens with zero attached hydrogens (tertiary/aromatic N) is 1. The fourth-order valence-electron chi connectivity index (χ4n) is 0.171. The Morgan fingerprint density at radius 1 is 1.71 bits per heavy atom. The molecule has 40 valence electrons. The molecule has 2 heteroatoms. The van der Waals surface area contributed by atoms with Gasteiger partial charge < -0.3 is 6.15 Å². The summed E-state index contributed by atoms with van der Waals surface area (Å²) in [6.07, 6.45) is 4.26. The van der Waals surface area contributed by atoms with Crippen molar-refractivity contribution in [2.24, 2.45) is 0 Å². The maximum Gasteiger partial charge on any atom is 0.0908 e. The van der Waals surface area contributed by atoms with Gasteiger partial charge in [0, 0.05) is 6.08 Å². The Balaban J connectivity index is 0. The third-order valence-corrected chi connectivity index (χ3v) is 0.428. The van der Waals surface area contributed by atoms with Gasteiger partial charge in [-0.05, 0) is 6.42 Å². The summed E-state index contributed by atoms with van der Waals surface area (Å²) in [5, 5.41) is 7.86. The highest BCUT2D eigenvalue weighted by molar-refractivity contribution is 5.00. The molecule has 0 heterocycles. The van der Waals surface area contributed by atoms with E-state index in [4.69, 9.17) is 5.26 Å². The van der Waals surface area contributed by atoms with Gasteiger partial charge >= 0.3 is 0 Å². The molecule has 0 aliphatic heterocycles. The van der Waals surface area contributed by atoms with Gasteiger partial charge in [0.1, 0.15) is 0 Å². The van der Waals surface area contributed by atoms with E-state index >= 15 is 0 Å². The summed E-state index contributed by atoms with van der Waals surface area (Å²) < 4.78 is 0. The van der Waals surface area contributed by atoms with Gasteiger partial charge in [-0.2, -0.15) is 5.26 Å². The summed E-state index contributed by atoms with van der Waals surface area (Å²) in [6.45, 7) is 1.99. The molecule has 0 spiro atoms. The molecular formula is C5H10N2. The zero-order valence-corrected chi connectivity index (χ0v) is 4.52. The van der Waals surface area contributed by atoms with E-state index in [1.807, 2.05) is 19.1 Å². The second kappa shape index (κ2) is 8.95. The minimum atomic E-state index is 0. The van der Waals surface area contributed by atoms with Crippen molar-refractivity contribution < 1.29 is 0 Å². The Morgan fingerprint density at radius 2 is 2.29 bits per heavy atom. The number of hydrogen-bond donors (Lipinski definition) is 1. The zero-order chi connectivity index (χ0) is 4.83. The summed E-state index contributed by atoms with van der Waals surface area (Å²) >= 11 is 0. The minimum Gasteiger partial charge on any atom is -0.344 e. The molecule has 0 unspecified atom stereocenters. The highest BCUT2D eigenvalue weighted by Crippen LogP contribution is 1.74. The lowest BCUT2D eigenvalue weighted by Gasteiger charge is -1.63. The third-order valence-electron chi connectivity index (χ3n) is 0.428. The second-order valence-corrected chi connectivity index (χ2v) is 0.940. The molecule has 2 nitrogen and oxygen atoms in total. The van der Waals surface area contributed by atoms with Crippen molar-refractivity contribution in [1.82, 2.24) is 6.15 Å². The van der Waals surface area contributed by atoms with Crippen LogP contribution in [0.1, 0.15) is 13.3 Å². The first-order valence-corrected chi connectivity index (χ1v) is 1.96. The molecule has 0 aromatic carbocycles. The summed E-state index contributed by atoms with van der Waals surface area (Å²) in [7, 11) is 0. The Kier molecular flexibility index (Phi) is 12.1. The van der Waals surface area contributed by atoms with E-state index in [0.29, 0.717) is 0 Å². The van der Waals surface area contributed by atoms with Crippen molar-refractivity contribution in [1.29, 1.82) is 5.26 Å². The molecule has 7 heavy (non-hydrogen) atoms. The Hall–Kier alpha value is -0.810. The first-order valence-electron chi connectivity index (χ1n) is 1.96.